The predicted molar refractivity (Wildman–Crippen MR) is 99.5 cm³/mol. The summed E-state index contributed by atoms with van der Waals surface area (Å²) in [6.07, 6.45) is -0.221. The first-order valence-electron chi connectivity index (χ1n) is 9.10. The third-order valence-corrected chi connectivity index (χ3v) is 5.13. The molecule has 2 aliphatic rings. The van der Waals surface area contributed by atoms with E-state index in [2.05, 4.69) is 11.0 Å². The molecule has 1 aromatic carbocycles. The van der Waals surface area contributed by atoms with Crippen molar-refractivity contribution in [3.63, 3.8) is 0 Å². The number of benzene rings is 1. The summed E-state index contributed by atoms with van der Waals surface area (Å²) in [7, 11) is 1.40. The topological polar surface area (TPSA) is 59.1 Å². The van der Waals surface area contributed by atoms with E-state index in [1.54, 1.807) is 0 Å². The number of esters is 1. The van der Waals surface area contributed by atoms with Crippen molar-refractivity contribution in [3.8, 4) is 0 Å². The number of carbonyl (C=O) groups is 2. The molecule has 142 valence electrons. The van der Waals surface area contributed by atoms with Gasteiger partial charge in [0.25, 0.3) is 0 Å². The van der Waals surface area contributed by atoms with Gasteiger partial charge in [-0.2, -0.15) is 0 Å². The highest BCUT2D eigenvalue weighted by Gasteiger charge is 2.42. The standard InChI is InChI=1S/C20H28N2O4/c1-13-6-7-16(8-17(13)18(23)25-5)21-9-14-11-22(12-15(14)10-21)19(24)26-20(2,3)4/h6-8,14-15H,9-12H2,1-5H3. The van der Waals surface area contributed by atoms with Gasteiger partial charge in [-0.05, 0) is 45.4 Å². The number of hydrogen-bond acceptors (Lipinski definition) is 5. The van der Waals surface area contributed by atoms with Gasteiger partial charge in [0, 0.05) is 43.7 Å². The van der Waals surface area contributed by atoms with Crippen molar-refractivity contribution >= 4 is 17.7 Å². The highest BCUT2D eigenvalue weighted by atomic mass is 16.6. The fourth-order valence-corrected chi connectivity index (χ4v) is 3.82. The first-order chi connectivity index (χ1) is 12.2. The lowest BCUT2D eigenvalue weighted by Gasteiger charge is -2.26. The monoisotopic (exact) mass is 360 g/mol. The number of methoxy groups -OCH3 is 1. The van der Waals surface area contributed by atoms with Crippen LogP contribution in [0.25, 0.3) is 0 Å². The number of rotatable bonds is 2. The van der Waals surface area contributed by atoms with Gasteiger partial charge < -0.3 is 19.3 Å². The van der Waals surface area contributed by atoms with Crippen LogP contribution < -0.4 is 4.90 Å². The van der Waals surface area contributed by atoms with Crippen LogP contribution in [-0.2, 0) is 9.47 Å². The second kappa shape index (κ2) is 6.82. The molecule has 2 unspecified atom stereocenters. The minimum Gasteiger partial charge on any atom is -0.465 e. The van der Waals surface area contributed by atoms with Gasteiger partial charge in [-0.25, -0.2) is 9.59 Å². The normalized spacial score (nSPS) is 22.3. The number of amides is 1. The van der Waals surface area contributed by atoms with Gasteiger partial charge in [-0.3, -0.25) is 0 Å². The Morgan fingerprint density at radius 2 is 1.69 bits per heavy atom. The number of anilines is 1. The number of likely N-dealkylation sites (tertiary alicyclic amines) is 1. The Balaban J connectivity index is 1.65. The summed E-state index contributed by atoms with van der Waals surface area (Å²) in [6.45, 7) is 10.8. The third kappa shape index (κ3) is 3.79. The average Bonchev–Trinajstić information content (AvgIpc) is 3.12. The van der Waals surface area contributed by atoms with Crippen molar-refractivity contribution in [1.82, 2.24) is 4.90 Å². The molecule has 2 saturated heterocycles. The molecular weight excluding hydrogens is 332 g/mol. The second-order valence-corrected chi connectivity index (χ2v) is 8.30. The fourth-order valence-electron chi connectivity index (χ4n) is 3.82. The maximum atomic E-state index is 12.3. The van der Waals surface area contributed by atoms with Crippen LogP contribution in [0.5, 0.6) is 0 Å². The average molecular weight is 360 g/mol. The Bertz CT molecular complexity index is 696. The highest BCUT2D eigenvalue weighted by Crippen LogP contribution is 2.35. The lowest BCUT2D eigenvalue weighted by atomic mass is 10.0. The lowest BCUT2D eigenvalue weighted by Crippen LogP contribution is -2.37. The number of aryl methyl sites for hydroxylation is 1. The van der Waals surface area contributed by atoms with E-state index >= 15 is 0 Å². The summed E-state index contributed by atoms with van der Waals surface area (Å²) < 4.78 is 10.4. The quantitative estimate of drug-likeness (QED) is 0.759. The smallest absolute Gasteiger partial charge is 0.410 e. The summed E-state index contributed by atoms with van der Waals surface area (Å²) in [6, 6.07) is 5.92. The maximum Gasteiger partial charge on any atom is 0.410 e. The first kappa shape index (κ1) is 18.5. The van der Waals surface area contributed by atoms with Gasteiger partial charge in [-0.15, -0.1) is 0 Å². The summed E-state index contributed by atoms with van der Waals surface area (Å²) in [5, 5.41) is 0. The van der Waals surface area contributed by atoms with Crippen molar-refractivity contribution in [2.45, 2.75) is 33.3 Å². The van der Waals surface area contributed by atoms with E-state index in [0.29, 0.717) is 17.4 Å². The first-order valence-corrected chi connectivity index (χ1v) is 9.10. The predicted octanol–water partition coefficient (Wildman–Crippen LogP) is 3.08. The van der Waals surface area contributed by atoms with Crippen molar-refractivity contribution in [2.75, 3.05) is 38.2 Å². The van der Waals surface area contributed by atoms with Crippen LogP contribution in [0.2, 0.25) is 0 Å². The van der Waals surface area contributed by atoms with E-state index in [4.69, 9.17) is 9.47 Å². The molecule has 0 bridgehead atoms. The molecule has 0 spiro atoms. The van der Waals surface area contributed by atoms with Crippen LogP contribution in [-0.4, -0.2) is 55.9 Å². The molecule has 0 radical (unpaired) electrons. The summed E-state index contributed by atoms with van der Waals surface area (Å²) in [4.78, 5) is 28.3. The SMILES string of the molecule is COC(=O)c1cc(N2CC3CN(C(=O)OC(C)(C)C)CC3C2)ccc1C. The molecular formula is C20H28N2O4. The zero-order chi connectivity index (χ0) is 19.1. The molecule has 6 nitrogen and oxygen atoms in total. The Labute approximate surface area is 155 Å². The highest BCUT2D eigenvalue weighted by molar-refractivity contribution is 5.92. The third-order valence-electron chi connectivity index (χ3n) is 5.13. The number of fused-ring (bicyclic) bond motifs is 1. The van der Waals surface area contributed by atoms with E-state index in [9.17, 15) is 9.59 Å². The van der Waals surface area contributed by atoms with Crippen LogP contribution in [0.3, 0.4) is 0 Å². The summed E-state index contributed by atoms with van der Waals surface area (Å²) in [5.41, 5.74) is 2.09. The summed E-state index contributed by atoms with van der Waals surface area (Å²) in [5.74, 6) is 0.565. The van der Waals surface area contributed by atoms with E-state index in [1.165, 1.54) is 7.11 Å². The minimum absolute atomic E-state index is 0.221. The van der Waals surface area contributed by atoms with E-state index < -0.39 is 5.60 Å². The van der Waals surface area contributed by atoms with Crippen LogP contribution in [0, 0.1) is 18.8 Å². The molecule has 1 amide bonds. The molecule has 2 heterocycles. The lowest BCUT2D eigenvalue weighted by molar-refractivity contribution is 0.0282. The van der Waals surface area contributed by atoms with Gasteiger partial charge >= 0.3 is 12.1 Å². The number of ether oxygens (including phenoxy) is 2. The zero-order valence-electron chi connectivity index (χ0n) is 16.2. The number of hydrogen-bond donors (Lipinski definition) is 0. The van der Waals surface area contributed by atoms with Crippen LogP contribution in [0.4, 0.5) is 10.5 Å². The largest absolute Gasteiger partial charge is 0.465 e. The molecule has 2 atom stereocenters. The van der Waals surface area contributed by atoms with Gasteiger partial charge in [0.05, 0.1) is 12.7 Å². The van der Waals surface area contributed by atoms with Gasteiger partial charge in [0.1, 0.15) is 5.60 Å². The molecule has 0 aliphatic carbocycles. The Morgan fingerprint density at radius 1 is 1.08 bits per heavy atom. The van der Waals surface area contributed by atoms with Crippen LogP contribution >= 0.6 is 0 Å². The second-order valence-electron chi connectivity index (χ2n) is 8.30. The van der Waals surface area contributed by atoms with Gasteiger partial charge in [-0.1, -0.05) is 6.07 Å². The van der Waals surface area contributed by atoms with Crippen molar-refractivity contribution in [3.05, 3.63) is 29.3 Å². The van der Waals surface area contributed by atoms with Crippen molar-refractivity contribution < 1.29 is 19.1 Å². The van der Waals surface area contributed by atoms with E-state index in [0.717, 1.165) is 37.4 Å². The van der Waals surface area contributed by atoms with Gasteiger partial charge in [0.2, 0.25) is 0 Å². The van der Waals surface area contributed by atoms with Crippen LogP contribution in [0.1, 0.15) is 36.7 Å². The Kier molecular flexibility index (Phi) is 4.86. The molecule has 0 N–H and O–H groups in total. The molecule has 2 aliphatic heterocycles. The zero-order valence-corrected chi connectivity index (χ0v) is 16.2. The maximum absolute atomic E-state index is 12.3. The van der Waals surface area contributed by atoms with Crippen molar-refractivity contribution in [1.29, 1.82) is 0 Å². The van der Waals surface area contributed by atoms with Crippen molar-refractivity contribution in [2.24, 2.45) is 11.8 Å². The number of carbonyl (C=O) groups excluding carboxylic acids is 2. The molecule has 1 aromatic rings. The Morgan fingerprint density at radius 3 is 2.23 bits per heavy atom. The fraction of sp³-hybridized carbons (Fsp3) is 0.600. The molecule has 6 heteroatoms. The minimum atomic E-state index is -0.465. The molecule has 3 rings (SSSR count). The van der Waals surface area contributed by atoms with Crippen LogP contribution in [0.15, 0.2) is 18.2 Å². The van der Waals surface area contributed by atoms with E-state index in [1.807, 2.05) is 44.7 Å². The molecule has 0 saturated carbocycles. The number of nitrogens with zero attached hydrogens (tertiary/aromatic N) is 2. The molecule has 26 heavy (non-hydrogen) atoms. The molecule has 0 aromatic heterocycles. The van der Waals surface area contributed by atoms with Gasteiger partial charge in [0.15, 0.2) is 0 Å². The Hall–Kier alpha value is -2.24. The summed E-state index contributed by atoms with van der Waals surface area (Å²) >= 11 is 0. The molecule has 2 fully saturated rings. The van der Waals surface area contributed by atoms with E-state index in [-0.39, 0.29) is 12.1 Å².